The number of carbonyl (C=O) groups is 2. The Morgan fingerprint density at radius 2 is 1.32 bits per heavy atom. The highest BCUT2D eigenvalue weighted by atomic mass is 16.3. The number of aromatic nitrogens is 2. The molecule has 1 aliphatic heterocycles. The minimum atomic E-state index is -0.217. The fraction of sp³-hybridized carbons (Fsp3) is 0.167. The van der Waals surface area contributed by atoms with Gasteiger partial charge >= 0.3 is 0 Å². The summed E-state index contributed by atoms with van der Waals surface area (Å²) in [6, 6.07) is 30.9. The van der Waals surface area contributed by atoms with Crippen molar-refractivity contribution in [2.75, 3.05) is 28.6 Å². The fourth-order valence-electron chi connectivity index (χ4n) is 5.93. The maximum absolute atomic E-state index is 13.0. The van der Waals surface area contributed by atoms with Gasteiger partial charge in [-0.1, -0.05) is 0 Å². The van der Waals surface area contributed by atoms with Crippen molar-refractivity contribution in [1.29, 1.82) is 0 Å². The standard InChI is InChI=1S/C36H33N5O3/c1-23-20-27-22-28(6-12-33(27)37-23)38-36(44)25-4-10-31(11-5-25)41-19-14-26-21-29(7-13-34(26)41)39-35(43)24-2-8-30(9-3-24)40-17-15-32(42)16-18-40/h2-14,19-22,32,37,42H,15-18H2,1H3,(H,38,44)(H,39,43). The molecule has 6 aromatic rings. The Morgan fingerprint density at radius 1 is 0.727 bits per heavy atom. The molecule has 0 atom stereocenters. The van der Waals surface area contributed by atoms with Gasteiger partial charge in [0, 0.05) is 75.1 Å². The summed E-state index contributed by atoms with van der Waals surface area (Å²) in [7, 11) is 0. The van der Waals surface area contributed by atoms with Crippen LogP contribution in [0.3, 0.4) is 0 Å². The summed E-state index contributed by atoms with van der Waals surface area (Å²) in [5.74, 6) is -0.330. The lowest BCUT2D eigenvalue weighted by Gasteiger charge is -2.31. The summed E-state index contributed by atoms with van der Waals surface area (Å²) in [6.45, 7) is 3.64. The molecule has 2 amide bonds. The van der Waals surface area contributed by atoms with Crippen LogP contribution in [-0.4, -0.2) is 45.7 Å². The molecule has 8 nitrogen and oxygen atoms in total. The van der Waals surface area contributed by atoms with Crippen LogP contribution >= 0.6 is 0 Å². The Morgan fingerprint density at radius 3 is 1.98 bits per heavy atom. The van der Waals surface area contributed by atoms with E-state index in [1.54, 1.807) is 0 Å². The van der Waals surface area contributed by atoms with E-state index >= 15 is 0 Å². The second-order valence-corrected chi connectivity index (χ2v) is 11.4. The number of carbonyl (C=O) groups excluding carboxylic acids is 2. The number of aromatic amines is 1. The number of hydrogen-bond donors (Lipinski definition) is 4. The zero-order valence-electron chi connectivity index (χ0n) is 24.4. The van der Waals surface area contributed by atoms with Crippen molar-refractivity contribution in [2.45, 2.75) is 25.9 Å². The Bertz CT molecular complexity index is 1980. The van der Waals surface area contributed by atoms with Gasteiger partial charge in [0.1, 0.15) is 0 Å². The number of aliphatic hydroxyl groups excluding tert-OH is 1. The topological polar surface area (TPSA) is 102 Å². The number of aryl methyl sites for hydroxylation is 1. The van der Waals surface area contributed by atoms with Gasteiger partial charge in [-0.25, -0.2) is 0 Å². The number of H-pyrrole nitrogens is 1. The highest BCUT2D eigenvalue weighted by Crippen LogP contribution is 2.26. The van der Waals surface area contributed by atoms with Crippen molar-refractivity contribution in [3.05, 3.63) is 120 Å². The molecule has 44 heavy (non-hydrogen) atoms. The Labute approximate surface area is 254 Å². The number of amides is 2. The summed E-state index contributed by atoms with van der Waals surface area (Å²) < 4.78 is 2.06. The van der Waals surface area contributed by atoms with E-state index in [2.05, 4.69) is 31.2 Å². The quantitative estimate of drug-likeness (QED) is 0.172. The van der Waals surface area contributed by atoms with Crippen molar-refractivity contribution in [3.63, 3.8) is 0 Å². The molecule has 0 saturated carbocycles. The van der Waals surface area contributed by atoms with E-state index in [9.17, 15) is 14.7 Å². The molecule has 0 aliphatic carbocycles. The third kappa shape index (κ3) is 5.55. The number of rotatable bonds is 6. The highest BCUT2D eigenvalue weighted by molar-refractivity contribution is 6.06. The molecule has 1 saturated heterocycles. The van der Waals surface area contributed by atoms with Crippen LogP contribution in [0.4, 0.5) is 17.1 Å². The molecule has 7 rings (SSSR count). The molecule has 0 unspecified atom stereocenters. The van der Waals surface area contributed by atoms with Crippen molar-refractivity contribution in [3.8, 4) is 5.69 Å². The van der Waals surface area contributed by atoms with E-state index in [1.165, 1.54) is 0 Å². The monoisotopic (exact) mass is 583 g/mol. The van der Waals surface area contributed by atoms with E-state index in [-0.39, 0.29) is 17.9 Å². The molecule has 0 radical (unpaired) electrons. The molecule has 1 aliphatic rings. The summed E-state index contributed by atoms with van der Waals surface area (Å²) in [5.41, 5.74) is 7.74. The predicted molar refractivity (Wildman–Crippen MR) is 176 cm³/mol. The normalized spacial score (nSPS) is 13.8. The first-order valence-corrected chi connectivity index (χ1v) is 14.9. The molecule has 3 heterocycles. The Hall–Kier alpha value is -5.34. The van der Waals surface area contributed by atoms with Crippen molar-refractivity contribution in [1.82, 2.24) is 9.55 Å². The van der Waals surface area contributed by atoms with Gasteiger partial charge in [0.05, 0.1) is 11.6 Å². The van der Waals surface area contributed by atoms with Gasteiger partial charge in [0.2, 0.25) is 0 Å². The molecule has 8 heteroatoms. The van der Waals surface area contributed by atoms with Crippen LogP contribution in [0.15, 0.2) is 103 Å². The van der Waals surface area contributed by atoms with E-state index in [4.69, 9.17) is 0 Å². The number of nitrogens with one attached hydrogen (secondary N) is 3. The predicted octanol–water partition coefficient (Wildman–Crippen LogP) is 6.89. The van der Waals surface area contributed by atoms with Gasteiger partial charge in [0.15, 0.2) is 0 Å². The zero-order valence-corrected chi connectivity index (χ0v) is 24.4. The van der Waals surface area contributed by atoms with E-state index < -0.39 is 0 Å². The van der Waals surface area contributed by atoms with Crippen molar-refractivity contribution in [2.24, 2.45) is 0 Å². The number of nitrogens with zero attached hydrogens (tertiary/aromatic N) is 2. The van der Waals surface area contributed by atoms with Gasteiger partial charge in [-0.3, -0.25) is 9.59 Å². The summed E-state index contributed by atoms with van der Waals surface area (Å²) in [4.78, 5) is 31.4. The van der Waals surface area contributed by atoms with Gasteiger partial charge in [-0.2, -0.15) is 0 Å². The lowest BCUT2D eigenvalue weighted by molar-refractivity contribution is 0.101. The fourth-order valence-corrected chi connectivity index (χ4v) is 5.93. The number of benzene rings is 4. The second kappa shape index (κ2) is 11.4. The van der Waals surface area contributed by atoms with Crippen molar-refractivity contribution < 1.29 is 14.7 Å². The third-order valence-electron chi connectivity index (χ3n) is 8.33. The molecule has 0 spiro atoms. The van der Waals surface area contributed by atoms with Gasteiger partial charge in [-0.05, 0) is 117 Å². The number of hydrogen-bond acceptors (Lipinski definition) is 4. The molecular formula is C36H33N5O3. The van der Waals surface area contributed by atoms with Crippen molar-refractivity contribution >= 4 is 50.7 Å². The zero-order chi connectivity index (χ0) is 30.2. The lowest BCUT2D eigenvalue weighted by atomic mass is 10.1. The molecule has 0 bridgehead atoms. The second-order valence-electron chi connectivity index (χ2n) is 11.4. The first-order valence-electron chi connectivity index (χ1n) is 14.9. The first-order chi connectivity index (χ1) is 21.4. The van der Waals surface area contributed by atoms with E-state index in [1.807, 2.05) is 104 Å². The minimum absolute atomic E-state index is 0.165. The van der Waals surface area contributed by atoms with Gasteiger partial charge in [0.25, 0.3) is 11.8 Å². The largest absolute Gasteiger partial charge is 0.393 e. The molecule has 220 valence electrons. The van der Waals surface area contributed by atoms with Crippen LogP contribution in [0.1, 0.15) is 39.3 Å². The summed E-state index contributed by atoms with van der Waals surface area (Å²) in [5, 5.41) is 17.8. The number of anilines is 3. The molecule has 4 aromatic carbocycles. The number of aliphatic hydroxyl groups is 1. The Balaban J connectivity index is 1.01. The minimum Gasteiger partial charge on any atom is -0.393 e. The summed E-state index contributed by atoms with van der Waals surface area (Å²) >= 11 is 0. The van der Waals surface area contributed by atoms with E-state index in [0.29, 0.717) is 16.8 Å². The van der Waals surface area contributed by atoms with Crippen LogP contribution in [0.2, 0.25) is 0 Å². The first kappa shape index (κ1) is 27.5. The Kier molecular flexibility index (Phi) is 7.12. The van der Waals surface area contributed by atoms with Crippen LogP contribution < -0.4 is 15.5 Å². The maximum atomic E-state index is 13.0. The molecule has 2 aromatic heterocycles. The van der Waals surface area contributed by atoms with Gasteiger partial charge < -0.3 is 30.2 Å². The van der Waals surface area contributed by atoms with Crippen LogP contribution in [0.25, 0.3) is 27.5 Å². The smallest absolute Gasteiger partial charge is 0.255 e. The van der Waals surface area contributed by atoms with Crippen LogP contribution in [-0.2, 0) is 0 Å². The lowest BCUT2D eigenvalue weighted by Crippen LogP contribution is -2.35. The third-order valence-corrected chi connectivity index (χ3v) is 8.33. The average Bonchev–Trinajstić information content (AvgIpc) is 3.63. The van der Waals surface area contributed by atoms with E-state index in [0.717, 1.165) is 70.5 Å². The molecule has 1 fully saturated rings. The summed E-state index contributed by atoms with van der Waals surface area (Å²) in [6.07, 6.45) is 3.30. The molecule has 4 N–H and O–H groups in total. The SMILES string of the molecule is Cc1cc2cc(NC(=O)c3ccc(-n4ccc5cc(NC(=O)c6ccc(N7CCC(O)CC7)cc6)ccc54)cc3)ccc2[nH]1. The average molecular weight is 584 g/mol. The van der Waals surface area contributed by atoms with Crippen LogP contribution in [0.5, 0.6) is 0 Å². The number of piperidine rings is 1. The van der Waals surface area contributed by atoms with Crippen LogP contribution in [0, 0.1) is 6.92 Å². The maximum Gasteiger partial charge on any atom is 0.255 e. The van der Waals surface area contributed by atoms with Gasteiger partial charge in [-0.15, -0.1) is 0 Å². The molecular weight excluding hydrogens is 550 g/mol. The highest BCUT2D eigenvalue weighted by Gasteiger charge is 2.18. The number of fused-ring (bicyclic) bond motifs is 2.